The Kier molecular flexibility index (Phi) is 4.55. The molecule has 4 nitrogen and oxygen atoms in total. The van der Waals surface area contributed by atoms with Gasteiger partial charge in [0.1, 0.15) is 5.82 Å². The summed E-state index contributed by atoms with van der Waals surface area (Å²) >= 11 is 1.36. The van der Waals surface area contributed by atoms with Gasteiger partial charge in [-0.3, -0.25) is 0 Å². The van der Waals surface area contributed by atoms with E-state index in [0.29, 0.717) is 22.4 Å². The Bertz CT molecular complexity index is 597. The van der Waals surface area contributed by atoms with Gasteiger partial charge in [0.05, 0.1) is 11.9 Å². The van der Waals surface area contributed by atoms with E-state index in [2.05, 4.69) is 10.1 Å². The van der Waals surface area contributed by atoms with Crippen molar-refractivity contribution in [1.82, 2.24) is 10.1 Å². The molecule has 21 heavy (non-hydrogen) atoms. The molecule has 1 N–H and O–H groups in total. The fraction of sp³-hybridized carbons (Fsp3) is 0.467. The van der Waals surface area contributed by atoms with Crippen molar-refractivity contribution >= 4 is 11.8 Å². The molecular formula is C15H17FN2O2S. The third-order valence-corrected chi connectivity index (χ3v) is 4.77. The number of rotatable bonds is 4. The van der Waals surface area contributed by atoms with E-state index >= 15 is 0 Å². The molecule has 0 aliphatic heterocycles. The summed E-state index contributed by atoms with van der Waals surface area (Å²) in [6.07, 6.45) is 3.13. The van der Waals surface area contributed by atoms with Crippen molar-refractivity contribution in [1.29, 1.82) is 0 Å². The third-order valence-electron chi connectivity index (χ3n) is 3.72. The summed E-state index contributed by atoms with van der Waals surface area (Å²) in [6, 6.07) is 6.66. The van der Waals surface area contributed by atoms with Gasteiger partial charge in [-0.1, -0.05) is 17.3 Å². The number of thioether (sulfide) groups is 1. The van der Waals surface area contributed by atoms with Gasteiger partial charge in [0.15, 0.2) is 5.82 Å². The fourth-order valence-electron chi connectivity index (χ4n) is 2.52. The molecule has 112 valence electrons. The summed E-state index contributed by atoms with van der Waals surface area (Å²) in [5.41, 5.74) is 0. The molecule has 6 heteroatoms. The molecule has 2 aromatic rings. The largest absolute Gasteiger partial charge is 0.393 e. The number of aliphatic hydroxyl groups is 1. The van der Waals surface area contributed by atoms with E-state index < -0.39 is 0 Å². The van der Waals surface area contributed by atoms with Crippen LogP contribution in [-0.2, 0) is 5.75 Å². The Hall–Kier alpha value is -1.40. The molecule has 0 saturated heterocycles. The molecule has 1 aliphatic rings. The van der Waals surface area contributed by atoms with Crippen molar-refractivity contribution in [3.63, 3.8) is 0 Å². The van der Waals surface area contributed by atoms with Crippen LogP contribution in [0.4, 0.5) is 4.39 Å². The number of nitrogens with zero attached hydrogens (tertiary/aromatic N) is 2. The first-order chi connectivity index (χ1) is 10.2. The Balaban J connectivity index is 1.59. The minimum atomic E-state index is -0.229. The first kappa shape index (κ1) is 14.5. The van der Waals surface area contributed by atoms with Crippen LogP contribution in [0.1, 0.15) is 43.3 Å². The van der Waals surface area contributed by atoms with Crippen LogP contribution in [-0.4, -0.2) is 21.4 Å². The Morgan fingerprint density at radius 1 is 1.24 bits per heavy atom. The highest BCUT2D eigenvalue weighted by Crippen LogP contribution is 2.32. The minimum absolute atomic E-state index is 0.194. The quantitative estimate of drug-likeness (QED) is 0.876. The topological polar surface area (TPSA) is 59.2 Å². The normalized spacial score (nSPS) is 22.4. The van der Waals surface area contributed by atoms with Crippen molar-refractivity contribution in [2.45, 2.75) is 48.4 Å². The van der Waals surface area contributed by atoms with Gasteiger partial charge >= 0.3 is 0 Å². The van der Waals surface area contributed by atoms with E-state index in [1.54, 1.807) is 18.2 Å². The fourth-order valence-corrected chi connectivity index (χ4v) is 3.30. The molecule has 0 amide bonds. The molecule has 3 rings (SSSR count). The zero-order valence-electron chi connectivity index (χ0n) is 11.5. The van der Waals surface area contributed by atoms with Gasteiger partial charge in [-0.2, -0.15) is 4.98 Å². The third kappa shape index (κ3) is 3.63. The van der Waals surface area contributed by atoms with E-state index in [1.807, 2.05) is 0 Å². The van der Waals surface area contributed by atoms with E-state index in [4.69, 9.17) is 4.52 Å². The predicted octanol–water partition coefficient (Wildman–Crippen LogP) is 3.52. The molecule has 0 atom stereocenters. The van der Waals surface area contributed by atoms with Crippen LogP contribution in [0.2, 0.25) is 0 Å². The maximum absolute atomic E-state index is 13.5. The molecule has 1 aliphatic carbocycles. The van der Waals surface area contributed by atoms with E-state index in [9.17, 15) is 9.50 Å². The summed E-state index contributed by atoms with van der Waals surface area (Å²) in [7, 11) is 0. The zero-order chi connectivity index (χ0) is 14.7. The molecule has 0 spiro atoms. The van der Waals surface area contributed by atoms with Gasteiger partial charge in [0.2, 0.25) is 5.89 Å². The SMILES string of the molecule is OC1CCC(c2nc(CSc3ccccc3F)no2)CC1. The highest BCUT2D eigenvalue weighted by Gasteiger charge is 2.25. The average Bonchev–Trinajstić information content (AvgIpc) is 2.96. The molecular weight excluding hydrogens is 291 g/mol. The first-order valence-corrected chi connectivity index (χ1v) is 8.09. The van der Waals surface area contributed by atoms with Crippen molar-refractivity contribution in [2.24, 2.45) is 0 Å². The second kappa shape index (κ2) is 6.58. The molecule has 0 unspecified atom stereocenters. The van der Waals surface area contributed by atoms with Gasteiger partial charge in [0, 0.05) is 10.8 Å². The van der Waals surface area contributed by atoms with Crippen LogP contribution >= 0.6 is 11.8 Å². The van der Waals surface area contributed by atoms with Crippen molar-refractivity contribution < 1.29 is 14.0 Å². The maximum atomic E-state index is 13.5. The Morgan fingerprint density at radius 2 is 2.00 bits per heavy atom. The average molecular weight is 308 g/mol. The molecule has 1 saturated carbocycles. The lowest BCUT2D eigenvalue weighted by atomic mass is 9.87. The van der Waals surface area contributed by atoms with Crippen LogP contribution in [0.3, 0.4) is 0 Å². The number of aliphatic hydroxyl groups excluding tert-OH is 1. The van der Waals surface area contributed by atoms with Gasteiger partial charge < -0.3 is 9.63 Å². The van der Waals surface area contributed by atoms with E-state index in [-0.39, 0.29) is 17.8 Å². The summed E-state index contributed by atoms with van der Waals surface area (Å²) in [5, 5.41) is 13.5. The van der Waals surface area contributed by atoms with Crippen molar-refractivity contribution in [3.8, 4) is 0 Å². The molecule has 1 heterocycles. The molecule has 0 bridgehead atoms. The minimum Gasteiger partial charge on any atom is -0.393 e. The maximum Gasteiger partial charge on any atom is 0.229 e. The lowest BCUT2D eigenvalue weighted by molar-refractivity contribution is 0.116. The Morgan fingerprint density at radius 3 is 2.76 bits per heavy atom. The van der Waals surface area contributed by atoms with Gasteiger partial charge in [-0.15, -0.1) is 11.8 Å². The van der Waals surface area contributed by atoms with E-state index in [1.165, 1.54) is 17.8 Å². The van der Waals surface area contributed by atoms with E-state index in [0.717, 1.165) is 25.7 Å². The van der Waals surface area contributed by atoms with Crippen LogP contribution in [0.15, 0.2) is 33.7 Å². The monoisotopic (exact) mass is 308 g/mol. The molecule has 1 aromatic heterocycles. The first-order valence-electron chi connectivity index (χ1n) is 7.10. The molecule has 1 fully saturated rings. The van der Waals surface area contributed by atoms with Crippen molar-refractivity contribution in [3.05, 3.63) is 41.8 Å². The summed E-state index contributed by atoms with van der Waals surface area (Å²) in [5.74, 6) is 1.73. The number of aromatic nitrogens is 2. The smallest absolute Gasteiger partial charge is 0.229 e. The number of halogens is 1. The number of benzene rings is 1. The van der Waals surface area contributed by atoms with Gasteiger partial charge in [-0.25, -0.2) is 4.39 Å². The predicted molar refractivity (Wildman–Crippen MR) is 77.5 cm³/mol. The standard InChI is InChI=1S/C15H17FN2O2S/c16-12-3-1-2-4-13(12)21-9-14-17-15(20-18-14)10-5-7-11(19)8-6-10/h1-4,10-11,19H,5-9H2. The second-order valence-electron chi connectivity index (χ2n) is 5.27. The van der Waals surface area contributed by atoms with Crippen LogP contribution in [0.5, 0.6) is 0 Å². The summed E-state index contributed by atoms with van der Waals surface area (Å²) in [4.78, 5) is 4.99. The lowest BCUT2D eigenvalue weighted by Crippen LogP contribution is -2.17. The van der Waals surface area contributed by atoms with Crippen LogP contribution in [0.25, 0.3) is 0 Å². The highest BCUT2D eigenvalue weighted by atomic mass is 32.2. The summed E-state index contributed by atoms with van der Waals surface area (Å²) < 4.78 is 18.8. The van der Waals surface area contributed by atoms with Crippen molar-refractivity contribution in [2.75, 3.05) is 0 Å². The molecule has 1 aromatic carbocycles. The van der Waals surface area contributed by atoms with Crippen LogP contribution in [0, 0.1) is 5.82 Å². The zero-order valence-corrected chi connectivity index (χ0v) is 12.4. The Labute approximate surface area is 126 Å². The summed E-state index contributed by atoms with van der Waals surface area (Å²) in [6.45, 7) is 0. The molecule has 0 radical (unpaired) electrons. The number of hydrogen-bond donors (Lipinski definition) is 1. The lowest BCUT2D eigenvalue weighted by Gasteiger charge is -2.22. The highest BCUT2D eigenvalue weighted by molar-refractivity contribution is 7.98. The van der Waals surface area contributed by atoms with Crippen LogP contribution < -0.4 is 0 Å². The number of hydrogen-bond acceptors (Lipinski definition) is 5. The second-order valence-corrected chi connectivity index (χ2v) is 6.29. The van der Waals surface area contributed by atoms with Gasteiger partial charge in [0.25, 0.3) is 0 Å². The van der Waals surface area contributed by atoms with Gasteiger partial charge in [-0.05, 0) is 37.8 Å².